The van der Waals surface area contributed by atoms with Crippen LogP contribution in [0.5, 0.6) is 0 Å². The number of aromatic nitrogens is 1. The van der Waals surface area contributed by atoms with E-state index in [1.807, 2.05) is 26.0 Å². The summed E-state index contributed by atoms with van der Waals surface area (Å²) in [6.45, 7) is 3.85. The largest absolute Gasteiger partial charge is 0.325 e. The van der Waals surface area contributed by atoms with Gasteiger partial charge in [0.15, 0.2) is 5.13 Å². The summed E-state index contributed by atoms with van der Waals surface area (Å²) in [6, 6.07) is 6.67. The van der Waals surface area contributed by atoms with E-state index in [2.05, 4.69) is 36.9 Å². The number of anilines is 2. The molecule has 4 N–H and O–H groups in total. The van der Waals surface area contributed by atoms with Crippen molar-refractivity contribution in [3.63, 3.8) is 0 Å². The van der Waals surface area contributed by atoms with Crippen LogP contribution in [0.15, 0.2) is 28.7 Å². The number of thiazole rings is 1. The minimum Gasteiger partial charge on any atom is -0.308 e. The second-order valence-electron chi connectivity index (χ2n) is 4.25. The number of carbonyl (C=O) groups excluding carboxylic acids is 1. The van der Waals surface area contributed by atoms with Crippen molar-refractivity contribution in [2.45, 2.75) is 13.8 Å². The molecular weight excluding hydrogens is 354 g/mol. The first-order chi connectivity index (χ1) is 9.94. The van der Waals surface area contributed by atoms with Crippen LogP contribution in [0.1, 0.15) is 10.6 Å². The molecule has 0 saturated heterocycles. The molecule has 1 aromatic heterocycles. The lowest BCUT2D eigenvalue weighted by Crippen LogP contribution is -2.38. The third kappa shape index (κ3) is 4.54. The maximum Gasteiger partial charge on any atom is 0.325 e. The van der Waals surface area contributed by atoms with Gasteiger partial charge in [0.25, 0.3) is 0 Å². The van der Waals surface area contributed by atoms with Crippen LogP contribution in [-0.4, -0.2) is 17.0 Å². The fourth-order valence-corrected chi connectivity index (χ4v) is 2.56. The van der Waals surface area contributed by atoms with Gasteiger partial charge in [0.1, 0.15) is 0 Å². The van der Waals surface area contributed by atoms with Crippen molar-refractivity contribution < 1.29 is 4.79 Å². The Hall–Kier alpha value is -1.93. The van der Waals surface area contributed by atoms with E-state index >= 15 is 0 Å². The van der Waals surface area contributed by atoms with Crippen molar-refractivity contribution in [1.82, 2.24) is 10.3 Å². The number of amides is 2. The number of nitrogens with one attached hydrogen (secondary N) is 4. The van der Waals surface area contributed by atoms with Gasteiger partial charge in [-0.25, -0.2) is 9.78 Å². The van der Waals surface area contributed by atoms with Crippen LogP contribution in [0.3, 0.4) is 0 Å². The lowest BCUT2D eigenvalue weighted by molar-refractivity contribution is 0.256. The predicted octanol–water partition coefficient (Wildman–Crippen LogP) is 3.69. The number of guanidine groups is 1. The molecule has 21 heavy (non-hydrogen) atoms. The highest BCUT2D eigenvalue weighted by molar-refractivity contribution is 9.10. The number of hydrogen-bond donors (Lipinski definition) is 4. The average molecular weight is 368 g/mol. The Morgan fingerprint density at radius 2 is 1.90 bits per heavy atom. The third-order valence-electron chi connectivity index (χ3n) is 2.60. The van der Waals surface area contributed by atoms with Crippen LogP contribution in [0.25, 0.3) is 0 Å². The number of benzene rings is 1. The van der Waals surface area contributed by atoms with Gasteiger partial charge in [-0.15, -0.1) is 11.3 Å². The maximum absolute atomic E-state index is 11.7. The highest BCUT2D eigenvalue weighted by atomic mass is 79.9. The van der Waals surface area contributed by atoms with Gasteiger partial charge >= 0.3 is 6.03 Å². The Kier molecular flexibility index (Phi) is 4.92. The van der Waals surface area contributed by atoms with Gasteiger partial charge in [-0.2, -0.15) is 0 Å². The Bertz CT molecular complexity index is 648. The van der Waals surface area contributed by atoms with Gasteiger partial charge < -0.3 is 10.6 Å². The van der Waals surface area contributed by atoms with Gasteiger partial charge in [0.2, 0.25) is 5.96 Å². The number of nitrogens with zero attached hydrogens (tertiary/aromatic N) is 1. The zero-order chi connectivity index (χ0) is 15.4. The standard InChI is InChI=1S/C13H14BrN5OS/c1-7-8(2)21-13(16-7)19-11(15)18-12(20)17-10-5-3-9(14)4-6-10/h3-6H,1-2H3,(H4,15,16,17,18,19,20). The molecule has 0 bridgehead atoms. The summed E-state index contributed by atoms with van der Waals surface area (Å²) in [5, 5.41) is 16.1. The van der Waals surface area contributed by atoms with E-state index in [9.17, 15) is 4.79 Å². The average Bonchev–Trinajstić information content (AvgIpc) is 2.70. The quantitative estimate of drug-likeness (QED) is 0.481. The topological polar surface area (TPSA) is 89.9 Å². The minimum atomic E-state index is -0.486. The summed E-state index contributed by atoms with van der Waals surface area (Å²) >= 11 is 4.75. The number of hydrogen-bond acceptors (Lipinski definition) is 4. The van der Waals surface area contributed by atoms with Crippen molar-refractivity contribution in [3.05, 3.63) is 39.3 Å². The van der Waals surface area contributed by atoms with E-state index in [0.717, 1.165) is 15.0 Å². The van der Waals surface area contributed by atoms with Crippen LogP contribution in [0.2, 0.25) is 0 Å². The molecule has 0 aliphatic heterocycles. The summed E-state index contributed by atoms with van der Waals surface area (Å²) in [6.07, 6.45) is 0. The first-order valence-corrected chi connectivity index (χ1v) is 7.68. The molecule has 0 atom stereocenters. The fraction of sp³-hybridized carbons (Fsp3) is 0.154. The number of halogens is 1. The van der Waals surface area contributed by atoms with Gasteiger partial charge in [-0.05, 0) is 38.1 Å². The summed E-state index contributed by atoms with van der Waals surface area (Å²) in [5.41, 5.74) is 1.55. The van der Waals surface area contributed by atoms with Crippen molar-refractivity contribution in [1.29, 1.82) is 5.41 Å². The second-order valence-corrected chi connectivity index (χ2v) is 6.37. The number of urea groups is 1. The highest BCUT2D eigenvalue weighted by Gasteiger charge is 2.08. The number of carbonyl (C=O) groups is 1. The summed E-state index contributed by atoms with van der Waals surface area (Å²) in [7, 11) is 0. The molecule has 2 aromatic rings. The normalized spacial score (nSPS) is 10.0. The smallest absolute Gasteiger partial charge is 0.308 e. The first kappa shape index (κ1) is 15.5. The third-order valence-corrected chi connectivity index (χ3v) is 4.12. The van der Waals surface area contributed by atoms with Gasteiger partial charge in [-0.1, -0.05) is 15.9 Å². The Balaban J connectivity index is 1.87. The molecule has 0 aliphatic rings. The van der Waals surface area contributed by atoms with Crippen LogP contribution >= 0.6 is 27.3 Å². The van der Waals surface area contributed by atoms with Crippen molar-refractivity contribution >= 4 is 50.1 Å². The molecule has 6 nitrogen and oxygen atoms in total. The van der Waals surface area contributed by atoms with Crippen molar-refractivity contribution in [2.75, 3.05) is 10.6 Å². The molecule has 110 valence electrons. The van der Waals surface area contributed by atoms with E-state index < -0.39 is 6.03 Å². The zero-order valence-electron chi connectivity index (χ0n) is 11.5. The predicted molar refractivity (Wildman–Crippen MR) is 89.2 cm³/mol. The number of aryl methyl sites for hydroxylation is 2. The van der Waals surface area contributed by atoms with E-state index in [4.69, 9.17) is 5.41 Å². The summed E-state index contributed by atoms with van der Waals surface area (Å²) in [5.74, 6) is -0.127. The Morgan fingerprint density at radius 1 is 1.24 bits per heavy atom. The van der Waals surface area contributed by atoms with E-state index in [1.165, 1.54) is 11.3 Å². The van der Waals surface area contributed by atoms with Gasteiger partial charge in [0.05, 0.1) is 5.69 Å². The monoisotopic (exact) mass is 367 g/mol. The van der Waals surface area contributed by atoms with Crippen molar-refractivity contribution in [2.24, 2.45) is 0 Å². The maximum atomic E-state index is 11.7. The summed E-state index contributed by atoms with van der Waals surface area (Å²) < 4.78 is 0.928. The molecule has 0 radical (unpaired) electrons. The fourth-order valence-electron chi connectivity index (χ4n) is 1.47. The molecular formula is C13H14BrN5OS. The van der Waals surface area contributed by atoms with E-state index in [0.29, 0.717) is 10.8 Å². The van der Waals surface area contributed by atoms with E-state index in [1.54, 1.807) is 12.1 Å². The molecule has 0 saturated carbocycles. The van der Waals surface area contributed by atoms with Crippen LogP contribution in [-0.2, 0) is 0 Å². The lowest BCUT2D eigenvalue weighted by atomic mass is 10.3. The Morgan fingerprint density at radius 3 is 2.48 bits per heavy atom. The Labute approximate surface area is 134 Å². The van der Waals surface area contributed by atoms with Crippen LogP contribution < -0.4 is 16.0 Å². The van der Waals surface area contributed by atoms with E-state index in [-0.39, 0.29) is 5.96 Å². The molecule has 2 amide bonds. The summed E-state index contributed by atoms with van der Waals surface area (Å²) in [4.78, 5) is 17.1. The second kappa shape index (κ2) is 6.68. The molecule has 8 heteroatoms. The molecule has 0 aliphatic carbocycles. The molecule has 2 rings (SSSR count). The first-order valence-electron chi connectivity index (χ1n) is 6.07. The van der Waals surface area contributed by atoms with Crippen molar-refractivity contribution in [3.8, 4) is 0 Å². The zero-order valence-corrected chi connectivity index (χ0v) is 13.9. The van der Waals surface area contributed by atoms with Gasteiger partial charge in [0, 0.05) is 15.0 Å². The lowest BCUT2D eigenvalue weighted by Gasteiger charge is -2.08. The van der Waals surface area contributed by atoms with Gasteiger partial charge in [-0.3, -0.25) is 10.7 Å². The molecule has 1 heterocycles. The molecule has 1 aromatic carbocycles. The number of rotatable bonds is 2. The van der Waals surface area contributed by atoms with Crippen LogP contribution in [0, 0.1) is 19.3 Å². The highest BCUT2D eigenvalue weighted by Crippen LogP contribution is 2.20. The molecule has 0 unspecified atom stereocenters. The molecule has 0 fully saturated rings. The SMILES string of the molecule is Cc1nc(NC(=N)NC(=O)Nc2ccc(Br)cc2)sc1C. The minimum absolute atomic E-state index is 0.127. The van der Waals surface area contributed by atoms with Crippen LogP contribution in [0.4, 0.5) is 15.6 Å². The molecule has 0 spiro atoms.